The maximum atomic E-state index is 11.3. The van der Waals surface area contributed by atoms with E-state index in [-0.39, 0.29) is 12.1 Å². The average molecular weight is 210 g/mol. The molecule has 0 N–H and O–H groups in total. The van der Waals surface area contributed by atoms with Crippen LogP contribution in [0.5, 0.6) is 0 Å². The molecule has 1 fully saturated rings. The fraction of sp³-hybridized carbons (Fsp3) is 0.583. The van der Waals surface area contributed by atoms with Crippen molar-refractivity contribution in [1.82, 2.24) is 0 Å². The molecule has 0 unspecified atom stereocenters. The lowest BCUT2D eigenvalue weighted by Gasteiger charge is -2.06. The number of ether oxygens (including phenoxy) is 2. The van der Waals surface area contributed by atoms with Gasteiger partial charge in [0.05, 0.1) is 12.7 Å². The van der Waals surface area contributed by atoms with Gasteiger partial charge in [-0.1, -0.05) is 19.6 Å². The Hall–Kier alpha value is -1.25. The molecule has 15 heavy (non-hydrogen) atoms. The van der Waals surface area contributed by atoms with Gasteiger partial charge in [-0.25, -0.2) is 4.79 Å². The van der Waals surface area contributed by atoms with Gasteiger partial charge in [0.25, 0.3) is 0 Å². The van der Waals surface area contributed by atoms with Gasteiger partial charge in [0.1, 0.15) is 11.9 Å². The first kappa shape index (κ1) is 11.8. The predicted octanol–water partition coefficient (Wildman–Crippen LogP) is 2.43. The molecule has 1 aliphatic heterocycles. The van der Waals surface area contributed by atoms with Crippen molar-refractivity contribution < 1.29 is 14.3 Å². The Bertz CT molecular complexity index is 268. The van der Waals surface area contributed by atoms with Crippen LogP contribution in [0.3, 0.4) is 0 Å². The molecule has 0 aromatic heterocycles. The third-order valence-corrected chi connectivity index (χ3v) is 2.51. The molecule has 0 aromatic rings. The van der Waals surface area contributed by atoms with Gasteiger partial charge in [0, 0.05) is 5.92 Å². The summed E-state index contributed by atoms with van der Waals surface area (Å²) in [6, 6.07) is 0. The highest BCUT2D eigenvalue weighted by Gasteiger charge is 2.28. The van der Waals surface area contributed by atoms with Crippen molar-refractivity contribution in [3.8, 4) is 0 Å². The third-order valence-electron chi connectivity index (χ3n) is 2.51. The lowest BCUT2D eigenvalue weighted by Crippen LogP contribution is -2.04. The van der Waals surface area contributed by atoms with Gasteiger partial charge in [-0.2, -0.15) is 0 Å². The summed E-state index contributed by atoms with van der Waals surface area (Å²) in [6.07, 6.45) is 5.15. The van der Waals surface area contributed by atoms with Crippen LogP contribution in [0.15, 0.2) is 24.5 Å². The molecule has 0 saturated carbocycles. The van der Waals surface area contributed by atoms with E-state index in [9.17, 15) is 4.79 Å². The summed E-state index contributed by atoms with van der Waals surface area (Å²) in [6.45, 7) is 7.96. The fourth-order valence-electron chi connectivity index (χ4n) is 1.68. The second-order valence-corrected chi connectivity index (χ2v) is 3.53. The third kappa shape index (κ3) is 3.11. The molecule has 3 nitrogen and oxygen atoms in total. The van der Waals surface area contributed by atoms with Gasteiger partial charge >= 0.3 is 5.97 Å². The van der Waals surface area contributed by atoms with Gasteiger partial charge in [0.2, 0.25) is 0 Å². The number of carbonyl (C=O) groups is 1. The Morgan fingerprint density at radius 1 is 1.67 bits per heavy atom. The summed E-state index contributed by atoms with van der Waals surface area (Å²) in [7, 11) is 0. The lowest BCUT2D eigenvalue weighted by atomic mass is 10.00. The molecule has 84 valence electrons. The van der Waals surface area contributed by atoms with Crippen LogP contribution >= 0.6 is 0 Å². The Balaban J connectivity index is 2.66. The SMILES string of the molecule is C=C[C@H]1C[C@@H](CC)/C(=C/C(=O)OCC)O1. The van der Waals surface area contributed by atoms with Crippen molar-refractivity contribution in [1.29, 1.82) is 0 Å². The zero-order valence-corrected chi connectivity index (χ0v) is 9.36. The van der Waals surface area contributed by atoms with Gasteiger partial charge in [0.15, 0.2) is 0 Å². The molecule has 0 bridgehead atoms. The first-order valence-electron chi connectivity index (χ1n) is 5.38. The smallest absolute Gasteiger partial charge is 0.334 e. The number of esters is 1. The van der Waals surface area contributed by atoms with Gasteiger partial charge in [-0.3, -0.25) is 0 Å². The number of allylic oxidation sites excluding steroid dienone is 1. The van der Waals surface area contributed by atoms with E-state index in [1.54, 1.807) is 13.0 Å². The summed E-state index contributed by atoms with van der Waals surface area (Å²) in [5.74, 6) is 0.730. The minimum absolute atomic E-state index is 0.0376. The quantitative estimate of drug-likeness (QED) is 0.406. The van der Waals surface area contributed by atoms with Crippen LogP contribution < -0.4 is 0 Å². The highest BCUT2D eigenvalue weighted by molar-refractivity contribution is 5.82. The van der Waals surface area contributed by atoms with Crippen molar-refractivity contribution in [3.05, 3.63) is 24.5 Å². The maximum absolute atomic E-state index is 11.3. The molecular formula is C12H18O3. The van der Waals surface area contributed by atoms with E-state index in [1.165, 1.54) is 6.08 Å². The molecule has 3 heteroatoms. The standard InChI is InChI=1S/C12H18O3/c1-4-9-7-10(5-2)15-11(9)8-12(13)14-6-3/h5,8-10H,2,4,6-7H2,1,3H3/b11-8-/t9-,10+/m1/s1. The van der Waals surface area contributed by atoms with Crippen molar-refractivity contribution in [2.75, 3.05) is 6.61 Å². The molecule has 1 saturated heterocycles. The van der Waals surface area contributed by atoms with Crippen molar-refractivity contribution in [3.63, 3.8) is 0 Å². The number of hydrogen-bond donors (Lipinski definition) is 0. The largest absolute Gasteiger partial charge is 0.490 e. The van der Waals surface area contributed by atoms with E-state index in [4.69, 9.17) is 9.47 Å². The van der Waals surface area contributed by atoms with Crippen LogP contribution in [-0.2, 0) is 14.3 Å². The van der Waals surface area contributed by atoms with Gasteiger partial charge in [-0.15, -0.1) is 0 Å². The molecule has 2 atom stereocenters. The summed E-state index contributed by atoms with van der Waals surface area (Å²) >= 11 is 0. The Morgan fingerprint density at radius 3 is 2.93 bits per heavy atom. The second kappa shape index (κ2) is 5.59. The molecule has 0 aromatic carbocycles. The molecule has 0 amide bonds. The van der Waals surface area contributed by atoms with Crippen LogP contribution in [0, 0.1) is 5.92 Å². The van der Waals surface area contributed by atoms with E-state index in [0.717, 1.165) is 18.6 Å². The maximum Gasteiger partial charge on any atom is 0.334 e. The summed E-state index contributed by atoms with van der Waals surface area (Å²) in [4.78, 5) is 11.3. The van der Waals surface area contributed by atoms with Gasteiger partial charge in [-0.05, 0) is 19.8 Å². The van der Waals surface area contributed by atoms with Gasteiger partial charge < -0.3 is 9.47 Å². The van der Waals surface area contributed by atoms with Crippen molar-refractivity contribution in [2.45, 2.75) is 32.8 Å². The van der Waals surface area contributed by atoms with Crippen molar-refractivity contribution >= 4 is 5.97 Å². The van der Waals surface area contributed by atoms with Crippen molar-refractivity contribution in [2.24, 2.45) is 5.92 Å². The topological polar surface area (TPSA) is 35.5 Å². The van der Waals surface area contributed by atoms with E-state index in [0.29, 0.717) is 12.5 Å². The Kier molecular flexibility index (Phi) is 4.40. The zero-order valence-electron chi connectivity index (χ0n) is 9.36. The van der Waals surface area contributed by atoms with E-state index >= 15 is 0 Å². The summed E-state index contributed by atoms with van der Waals surface area (Å²) in [5.41, 5.74) is 0. The molecule has 1 rings (SSSR count). The molecular weight excluding hydrogens is 192 g/mol. The van der Waals surface area contributed by atoms with E-state index in [2.05, 4.69) is 13.5 Å². The highest BCUT2D eigenvalue weighted by Crippen LogP contribution is 2.32. The average Bonchev–Trinajstić information content (AvgIpc) is 2.60. The van der Waals surface area contributed by atoms with Crippen LogP contribution in [0.2, 0.25) is 0 Å². The molecule has 0 radical (unpaired) electrons. The van der Waals surface area contributed by atoms with E-state index < -0.39 is 0 Å². The van der Waals surface area contributed by atoms with Crippen LogP contribution in [-0.4, -0.2) is 18.7 Å². The Morgan fingerprint density at radius 2 is 2.40 bits per heavy atom. The Labute approximate surface area is 90.8 Å². The minimum Gasteiger partial charge on any atom is -0.490 e. The van der Waals surface area contributed by atoms with Crippen LogP contribution in [0.25, 0.3) is 0 Å². The number of rotatable bonds is 4. The first-order chi connectivity index (χ1) is 7.21. The second-order valence-electron chi connectivity index (χ2n) is 3.53. The zero-order chi connectivity index (χ0) is 11.3. The molecule has 1 heterocycles. The van der Waals surface area contributed by atoms with Crippen LogP contribution in [0.1, 0.15) is 26.7 Å². The predicted molar refractivity (Wildman–Crippen MR) is 58.2 cm³/mol. The van der Waals surface area contributed by atoms with Crippen LogP contribution in [0.4, 0.5) is 0 Å². The number of carbonyl (C=O) groups excluding carboxylic acids is 1. The molecule has 0 spiro atoms. The number of hydrogen-bond acceptors (Lipinski definition) is 3. The molecule has 1 aliphatic rings. The highest BCUT2D eigenvalue weighted by atomic mass is 16.5. The fourth-order valence-corrected chi connectivity index (χ4v) is 1.68. The lowest BCUT2D eigenvalue weighted by molar-refractivity contribution is -0.137. The normalized spacial score (nSPS) is 27.5. The minimum atomic E-state index is -0.323. The molecule has 0 aliphatic carbocycles. The first-order valence-corrected chi connectivity index (χ1v) is 5.38. The summed E-state index contributed by atoms with van der Waals surface area (Å²) < 4.78 is 10.4. The summed E-state index contributed by atoms with van der Waals surface area (Å²) in [5, 5.41) is 0. The monoisotopic (exact) mass is 210 g/mol. The van der Waals surface area contributed by atoms with E-state index in [1.807, 2.05) is 0 Å².